The average Bonchev–Trinajstić information content (AvgIpc) is 2.08. The Bertz CT molecular complexity index is 413. The van der Waals surface area contributed by atoms with Gasteiger partial charge in [-0.3, -0.25) is 4.79 Å². The number of rotatable bonds is 1. The van der Waals surface area contributed by atoms with Crippen LogP contribution < -0.4 is 0 Å². The van der Waals surface area contributed by atoms with E-state index in [1.807, 2.05) is 0 Å². The number of carbonyl (C=O) groups excluding carboxylic acids is 1. The maximum Gasteiger partial charge on any atom is 0.253 e. The molecular weight excluding hydrogens is 307 g/mol. The fourth-order valence-corrected chi connectivity index (χ4v) is 1.43. The van der Waals surface area contributed by atoms with Gasteiger partial charge in [0.15, 0.2) is 0 Å². The third kappa shape index (κ3) is 2.17. The molecule has 13 heavy (non-hydrogen) atoms. The minimum Gasteiger partial charge on any atom is -0.276 e. The van der Waals surface area contributed by atoms with Gasteiger partial charge in [0.25, 0.3) is 5.24 Å². The summed E-state index contributed by atoms with van der Waals surface area (Å²) in [6, 6.07) is 3.95. The molecule has 0 fully saturated rings. The fourth-order valence-electron chi connectivity index (χ4n) is 0.802. The van der Waals surface area contributed by atoms with Crippen molar-refractivity contribution in [2.75, 3.05) is 0 Å². The van der Waals surface area contributed by atoms with E-state index < -0.39 is 11.1 Å². The van der Waals surface area contributed by atoms with E-state index in [4.69, 9.17) is 16.9 Å². The molecule has 0 radical (unpaired) electrons. The molecule has 0 aromatic heterocycles. The van der Waals surface area contributed by atoms with Gasteiger partial charge in [-0.2, -0.15) is 5.26 Å². The zero-order valence-electron chi connectivity index (χ0n) is 6.14. The molecule has 1 aromatic carbocycles. The Morgan fingerprint density at radius 2 is 2.23 bits per heavy atom. The van der Waals surface area contributed by atoms with Crippen LogP contribution in [0.25, 0.3) is 0 Å². The number of hydrogen-bond donors (Lipinski definition) is 0. The van der Waals surface area contributed by atoms with Crippen molar-refractivity contribution < 1.29 is 9.18 Å². The molecule has 0 N–H and O–H groups in total. The van der Waals surface area contributed by atoms with E-state index in [0.29, 0.717) is 0 Å². The standard InChI is InChI=1S/C8H2ClFINO/c9-8(13)5-2-7(11)6(10)1-4(5)3-12/h1-2H. The maximum absolute atomic E-state index is 12.9. The highest BCUT2D eigenvalue weighted by Gasteiger charge is 2.12. The zero-order chi connectivity index (χ0) is 10.0. The molecule has 0 atom stereocenters. The second-order valence-electron chi connectivity index (χ2n) is 2.20. The van der Waals surface area contributed by atoms with Crippen LogP contribution in [0, 0.1) is 20.7 Å². The van der Waals surface area contributed by atoms with Crippen LogP contribution in [-0.2, 0) is 0 Å². The normalized spacial score (nSPS) is 9.38. The quantitative estimate of drug-likeness (QED) is 0.591. The van der Waals surface area contributed by atoms with Gasteiger partial charge in [-0.15, -0.1) is 0 Å². The van der Waals surface area contributed by atoms with Gasteiger partial charge < -0.3 is 0 Å². The average molecular weight is 309 g/mol. The lowest BCUT2D eigenvalue weighted by Crippen LogP contribution is -1.97. The summed E-state index contributed by atoms with van der Waals surface area (Å²) in [7, 11) is 0. The lowest BCUT2D eigenvalue weighted by molar-refractivity contribution is 0.108. The van der Waals surface area contributed by atoms with Crippen LogP contribution in [0.1, 0.15) is 15.9 Å². The summed E-state index contributed by atoms with van der Waals surface area (Å²) < 4.78 is 13.2. The number of halogens is 3. The molecule has 0 amide bonds. The zero-order valence-corrected chi connectivity index (χ0v) is 9.06. The van der Waals surface area contributed by atoms with Crippen molar-refractivity contribution in [3.63, 3.8) is 0 Å². The van der Waals surface area contributed by atoms with Crippen LogP contribution >= 0.6 is 34.2 Å². The summed E-state index contributed by atoms with van der Waals surface area (Å²) in [6.07, 6.45) is 0. The second-order valence-corrected chi connectivity index (χ2v) is 3.70. The van der Waals surface area contributed by atoms with Gasteiger partial charge in [0.05, 0.1) is 11.1 Å². The van der Waals surface area contributed by atoms with Crippen molar-refractivity contribution in [1.82, 2.24) is 0 Å². The van der Waals surface area contributed by atoms with E-state index in [9.17, 15) is 9.18 Å². The topological polar surface area (TPSA) is 40.9 Å². The minimum atomic E-state index is -0.755. The fraction of sp³-hybridized carbons (Fsp3) is 0. The van der Waals surface area contributed by atoms with Crippen LogP contribution in [0.3, 0.4) is 0 Å². The third-order valence-electron chi connectivity index (χ3n) is 1.39. The van der Waals surface area contributed by atoms with Crippen molar-refractivity contribution in [2.24, 2.45) is 0 Å². The lowest BCUT2D eigenvalue weighted by Gasteiger charge is -1.99. The van der Waals surface area contributed by atoms with E-state index >= 15 is 0 Å². The van der Waals surface area contributed by atoms with Crippen LogP contribution in [0.2, 0.25) is 0 Å². The summed E-state index contributed by atoms with van der Waals surface area (Å²) in [5, 5.41) is 7.80. The molecule has 0 bridgehead atoms. The minimum absolute atomic E-state index is 0.0370. The van der Waals surface area contributed by atoms with Crippen LogP contribution in [0.5, 0.6) is 0 Å². The largest absolute Gasteiger partial charge is 0.276 e. The van der Waals surface area contributed by atoms with Gasteiger partial charge in [-0.05, 0) is 46.3 Å². The van der Waals surface area contributed by atoms with Gasteiger partial charge in [0, 0.05) is 3.57 Å². The molecule has 0 spiro atoms. The molecule has 0 saturated heterocycles. The Kier molecular flexibility index (Phi) is 3.22. The molecule has 2 nitrogen and oxygen atoms in total. The summed E-state index contributed by atoms with van der Waals surface area (Å²) >= 11 is 6.92. The monoisotopic (exact) mass is 309 g/mol. The molecule has 66 valence electrons. The van der Waals surface area contributed by atoms with Crippen LogP contribution in [0.15, 0.2) is 12.1 Å². The first-order chi connectivity index (χ1) is 6.06. The van der Waals surface area contributed by atoms with Gasteiger partial charge in [0.2, 0.25) is 0 Å². The first-order valence-corrected chi connectivity index (χ1v) is 4.61. The Balaban J connectivity index is 3.44. The molecule has 0 aliphatic rings. The van der Waals surface area contributed by atoms with Gasteiger partial charge in [0.1, 0.15) is 11.9 Å². The van der Waals surface area contributed by atoms with Crippen molar-refractivity contribution in [3.8, 4) is 6.07 Å². The van der Waals surface area contributed by atoms with E-state index in [0.717, 1.165) is 6.07 Å². The Labute approximate surface area is 92.4 Å². The van der Waals surface area contributed by atoms with Crippen LogP contribution in [-0.4, -0.2) is 5.24 Å². The Hall–Kier alpha value is -0.670. The van der Waals surface area contributed by atoms with Gasteiger partial charge in [-0.25, -0.2) is 4.39 Å². The highest BCUT2D eigenvalue weighted by molar-refractivity contribution is 14.1. The summed E-state index contributed by atoms with van der Waals surface area (Å²) in [5.74, 6) is -0.529. The molecular formula is C8H2ClFINO. The molecule has 0 heterocycles. The number of carbonyl (C=O) groups is 1. The smallest absolute Gasteiger partial charge is 0.253 e. The first kappa shape index (κ1) is 10.4. The van der Waals surface area contributed by atoms with Crippen molar-refractivity contribution in [3.05, 3.63) is 32.6 Å². The second kappa shape index (κ2) is 4.03. The predicted octanol–water partition coefficient (Wildman–Crippen LogP) is 2.68. The molecule has 1 rings (SSSR count). The number of benzene rings is 1. The maximum atomic E-state index is 12.9. The van der Waals surface area contributed by atoms with E-state index in [2.05, 4.69) is 0 Å². The summed E-state index contributed by atoms with van der Waals surface area (Å²) in [5.41, 5.74) is -0.00659. The third-order valence-corrected chi connectivity index (χ3v) is 2.42. The summed E-state index contributed by atoms with van der Waals surface area (Å²) in [4.78, 5) is 10.8. The Morgan fingerprint density at radius 3 is 2.69 bits per heavy atom. The lowest BCUT2D eigenvalue weighted by atomic mass is 10.1. The molecule has 0 aliphatic carbocycles. The van der Waals surface area contributed by atoms with E-state index in [1.165, 1.54) is 6.07 Å². The highest BCUT2D eigenvalue weighted by Crippen LogP contribution is 2.18. The highest BCUT2D eigenvalue weighted by atomic mass is 127. The predicted molar refractivity (Wildman–Crippen MR) is 54.0 cm³/mol. The molecule has 0 aliphatic heterocycles. The molecule has 1 aromatic rings. The van der Waals surface area contributed by atoms with Crippen molar-refractivity contribution in [1.29, 1.82) is 5.26 Å². The number of hydrogen-bond acceptors (Lipinski definition) is 2. The molecule has 5 heteroatoms. The molecule has 0 unspecified atom stereocenters. The van der Waals surface area contributed by atoms with Crippen molar-refractivity contribution in [2.45, 2.75) is 0 Å². The summed E-state index contributed by atoms with van der Waals surface area (Å²) in [6.45, 7) is 0. The van der Waals surface area contributed by atoms with Gasteiger partial charge >= 0.3 is 0 Å². The Morgan fingerprint density at radius 1 is 1.62 bits per heavy atom. The molecule has 0 saturated carbocycles. The van der Waals surface area contributed by atoms with E-state index in [1.54, 1.807) is 28.7 Å². The number of nitriles is 1. The number of nitrogens with zero attached hydrogens (tertiary/aromatic N) is 1. The SMILES string of the molecule is N#Cc1cc(F)c(I)cc1C(=O)Cl. The van der Waals surface area contributed by atoms with Crippen molar-refractivity contribution >= 4 is 39.4 Å². The van der Waals surface area contributed by atoms with Crippen LogP contribution in [0.4, 0.5) is 4.39 Å². The first-order valence-electron chi connectivity index (χ1n) is 3.15. The van der Waals surface area contributed by atoms with Gasteiger partial charge in [-0.1, -0.05) is 0 Å². The van der Waals surface area contributed by atoms with E-state index in [-0.39, 0.29) is 14.7 Å².